The molecule has 1 N–H and O–H groups in total. The summed E-state index contributed by atoms with van der Waals surface area (Å²) in [6.45, 7) is 4.69. The van der Waals surface area contributed by atoms with E-state index in [4.69, 9.17) is 0 Å². The summed E-state index contributed by atoms with van der Waals surface area (Å²) in [5.74, 6) is 1.53. The molecule has 2 heteroatoms. The van der Waals surface area contributed by atoms with Gasteiger partial charge in [0.1, 0.15) is 5.82 Å². The third-order valence-electron chi connectivity index (χ3n) is 5.09. The van der Waals surface area contributed by atoms with Crippen molar-refractivity contribution in [1.82, 2.24) is 5.32 Å². The minimum absolute atomic E-state index is 0.0235. The van der Waals surface area contributed by atoms with Crippen LogP contribution in [-0.4, -0.2) is 6.04 Å². The third kappa shape index (κ3) is 1.97. The SMILES string of the molecule is CC1CCC(NC2CCc3c(F)cccc32)C1C. The summed E-state index contributed by atoms with van der Waals surface area (Å²) in [5, 5.41) is 3.77. The Hall–Kier alpha value is -0.890. The fourth-order valence-electron chi connectivity index (χ4n) is 3.64. The van der Waals surface area contributed by atoms with Gasteiger partial charge in [-0.15, -0.1) is 0 Å². The molecule has 0 aliphatic heterocycles. The molecule has 3 rings (SSSR count). The van der Waals surface area contributed by atoms with Gasteiger partial charge in [0, 0.05) is 12.1 Å². The van der Waals surface area contributed by atoms with E-state index < -0.39 is 0 Å². The van der Waals surface area contributed by atoms with Gasteiger partial charge in [0.2, 0.25) is 0 Å². The smallest absolute Gasteiger partial charge is 0.126 e. The van der Waals surface area contributed by atoms with Crippen LogP contribution < -0.4 is 5.32 Å². The molecule has 18 heavy (non-hydrogen) atoms. The Morgan fingerprint density at radius 3 is 2.72 bits per heavy atom. The first kappa shape index (κ1) is 12.2. The average Bonchev–Trinajstić information content (AvgIpc) is 2.90. The number of halogens is 1. The van der Waals surface area contributed by atoms with Crippen molar-refractivity contribution < 1.29 is 4.39 Å². The lowest BCUT2D eigenvalue weighted by Gasteiger charge is -2.24. The quantitative estimate of drug-likeness (QED) is 0.837. The molecule has 1 fully saturated rings. The molecule has 0 spiro atoms. The van der Waals surface area contributed by atoms with E-state index in [-0.39, 0.29) is 5.82 Å². The molecule has 0 radical (unpaired) electrons. The highest BCUT2D eigenvalue weighted by atomic mass is 19.1. The van der Waals surface area contributed by atoms with E-state index in [0.717, 1.165) is 30.2 Å². The molecule has 1 aromatic rings. The second-order valence-corrected chi connectivity index (χ2v) is 6.09. The van der Waals surface area contributed by atoms with Crippen LogP contribution in [0.25, 0.3) is 0 Å². The maximum Gasteiger partial charge on any atom is 0.126 e. The van der Waals surface area contributed by atoms with Crippen molar-refractivity contribution in [2.75, 3.05) is 0 Å². The largest absolute Gasteiger partial charge is 0.307 e. The lowest BCUT2D eigenvalue weighted by atomic mass is 9.96. The zero-order valence-corrected chi connectivity index (χ0v) is 11.2. The summed E-state index contributed by atoms with van der Waals surface area (Å²) in [5.41, 5.74) is 2.13. The van der Waals surface area contributed by atoms with Crippen LogP contribution in [-0.2, 0) is 6.42 Å². The van der Waals surface area contributed by atoms with E-state index in [2.05, 4.69) is 25.2 Å². The topological polar surface area (TPSA) is 12.0 Å². The molecule has 1 nitrogen and oxygen atoms in total. The zero-order chi connectivity index (χ0) is 12.7. The summed E-state index contributed by atoms with van der Waals surface area (Å²) < 4.78 is 13.7. The number of rotatable bonds is 2. The van der Waals surface area contributed by atoms with Gasteiger partial charge in [0.05, 0.1) is 0 Å². The van der Waals surface area contributed by atoms with E-state index in [1.54, 1.807) is 6.07 Å². The van der Waals surface area contributed by atoms with Gasteiger partial charge in [-0.2, -0.15) is 0 Å². The lowest BCUT2D eigenvalue weighted by Crippen LogP contribution is -2.34. The van der Waals surface area contributed by atoms with Crippen LogP contribution >= 0.6 is 0 Å². The van der Waals surface area contributed by atoms with Crippen LogP contribution in [0.3, 0.4) is 0 Å². The molecule has 0 amide bonds. The van der Waals surface area contributed by atoms with Crippen molar-refractivity contribution >= 4 is 0 Å². The molecular weight excluding hydrogens is 225 g/mol. The van der Waals surface area contributed by atoms with Crippen LogP contribution in [0.1, 0.15) is 50.3 Å². The fraction of sp³-hybridized carbons (Fsp3) is 0.625. The predicted molar refractivity (Wildman–Crippen MR) is 71.9 cm³/mol. The average molecular weight is 247 g/mol. The maximum absolute atomic E-state index is 13.7. The van der Waals surface area contributed by atoms with Crippen molar-refractivity contribution in [2.24, 2.45) is 11.8 Å². The van der Waals surface area contributed by atoms with Crippen LogP contribution in [0, 0.1) is 17.7 Å². The van der Waals surface area contributed by atoms with Gasteiger partial charge in [-0.05, 0) is 54.7 Å². The Morgan fingerprint density at radius 1 is 1.17 bits per heavy atom. The number of benzene rings is 1. The summed E-state index contributed by atoms with van der Waals surface area (Å²) >= 11 is 0. The summed E-state index contributed by atoms with van der Waals surface area (Å²) in [4.78, 5) is 0. The van der Waals surface area contributed by atoms with E-state index in [1.165, 1.54) is 18.4 Å². The molecule has 2 aliphatic rings. The minimum Gasteiger partial charge on any atom is -0.307 e. The second-order valence-electron chi connectivity index (χ2n) is 6.09. The first-order chi connectivity index (χ1) is 8.66. The van der Waals surface area contributed by atoms with Crippen molar-refractivity contribution in [3.8, 4) is 0 Å². The van der Waals surface area contributed by atoms with Crippen molar-refractivity contribution in [1.29, 1.82) is 0 Å². The highest BCUT2D eigenvalue weighted by molar-refractivity contribution is 5.35. The van der Waals surface area contributed by atoms with Crippen LogP contribution in [0.2, 0.25) is 0 Å². The van der Waals surface area contributed by atoms with Gasteiger partial charge in [-0.25, -0.2) is 4.39 Å². The van der Waals surface area contributed by atoms with Gasteiger partial charge in [0.25, 0.3) is 0 Å². The molecular formula is C16H22FN. The van der Waals surface area contributed by atoms with Crippen molar-refractivity contribution in [3.05, 3.63) is 35.1 Å². The van der Waals surface area contributed by atoms with Gasteiger partial charge < -0.3 is 5.32 Å². The molecule has 4 atom stereocenters. The summed E-state index contributed by atoms with van der Waals surface area (Å²) in [6, 6.07) is 6.50. The fourth-order valence-corrected chi connectivity index (χ4v) is 3.64. The normalized spacial score (nSPS) is 34.8. The van der Waals surface area contributed by atoms with E-state index in [1.807, 2.05) is 6.07 Å². The first-order valence-corrected chi connectivity index (χ1v) is 7.20. The van der Waals surface area contributed by atoms with Crippen molar-refractivity contribution in [2.45, 2.75) is 51.6 Å². The molecule has 0 heterocycles. The number of fused-ring (bicyclic) bond motifs is 1. The lowest BCUT2D eigenvalue weighted by molar-refractivity contribution is 0.338. The molecule has 1 saturated carbocycles. The molecule has 2 aliphatic carbocycles. The molecule has 98 valence electrons. The summed E-state index contributed by atoms with van der Waals surface area (Å²) in [6.07, 6.45) is 4.52. The van der Waals surface area contributed by atoms with Gasteiger partial charge >= 0.3 is 0 Å². The summed E-state index contributed by atoms with van der Waals surface area (Å²) in [7, 11) is 0. The van der Waals surface area contributed by atoms with Gasteiger partial charge in [-0.1, -0.05) is 26.0 Å². The molecule has 1 aromatic carbocycles. The minimum atomic E-state index is -0.0235. The Balaban J connectivity index is 1.75. The van der Waals surface area contributed by atoms with E-state index >= 15 is 0 Å². The van der Waals surface area contributed by atoms with E-state index in [9.17, 15) is 4.39 Å². The van der Waals surface area contributed by atoms with Crippen molar-refractivity contribution in [3.63, 3.8) is 0 Å². The van der Waals surface area contributed by atoms with Crippen LogP contribution in [0.15, 0.2) is 18.2 Å². The maximum atomic E-state index is 13.7. The molecule has 0 aromatic heterocycles. The second kappa shape index (κ2) is 4.65. The zero-order valence-electron chi connectivity index (χ0n) is 11.2. The van der Waals surface area contributed by atoms with Gasteiger partial charge in [0.15, 0.2) is 0 Å². The van der Waals surface area contributed by atoms with Crippen LogP contribution in [0.4, 0.5) is 4.39 Å². The molecule has 4 unspecified atom stereocenters. The number of hydrogen-bond acceptors (Lipinski definition) is 1. The Kier molecular flexibility index (Phi) is 3.14. The first-order valence-electron chi connectivity index (χ1n) is 7.20. The monoisotopic (exact) mass is 247 g/mol. The number of nitrogens with one attached hydrogen (secondary N) is 1. The standard InChI is InChI=1S/C16H22FN/c1-10-6-8-15(11(10)2)18-16-9-7-12-13(16)4-3-5-14(12)17/h3-5,10-11,15-16,18H,6-9H2,1-2H3. The van der Waals surface area contributed by atoms with E-state index in [0.29, 0.717) is 12.1 Å². The third-order valence-corrected chi connectivity index (χ3v) is 5.09. The number of hydrogen-bond donors (Lipinski definition) is 1. The Morgan fingerprint density at radius 2 is 2.00 bits per heavy atom. The van der Waals surface area contributed by atoms with Crippen LogP contribution in [0.5, 0.6) is 0 Å². The highest BCUT2D eigenvalue weighted by Gasteiger charge is 2.33. The Labute approximate surface area is 109 Å². The molecule has 0 saturated heterocycles. The Bertz CT molecular complexity index is 443. The van der Waals surface area contributed by atoms with Gasteiger partial charge in [-0.3, -0.25) is 0 Å². The highest BCUT2D eigenvalue weighted by Crippen LogP contribution is 2.37. The predicted octanol–water partition coefficient (Wildman–Crippen LogP) is 3.84. The molecule has 0 bridgehead atoms.